The fraction of sp³-hybridized carbons (Fsp3) is 0.818. The number of rotatable bonds is 4. The fourth-order valence-electron chi connectivity index (χ4n) is 1.65. The first-order valence-electron chi connectivity index (χ1n) is 5.61. The fourth-order valence-corrected chi connectivity index (χ4v) is 1.75. The lowest BCUT2D eigenvalue weighted by Gasteiger charge is -2.21. The molecule has 1 aliphatic carbocycles. The van der Waals surface area contributed by atoms with Crippen molar-refractivity contribution >= 4 is 35.1 Å². The number of hydrogen-bond donors (Lipinski definition) is 0. The van der Waals surface area contributed by atoms with Crippen LogP contribution in [0.25, 0.3) is 0 Å². The minimum absolute atomic E-state index is 0.194. The number of ether oxygens (including phenoxy) is 2. The van der Waals surface area contributed by atoms with Gasteiger partial charge >= 0.3 is 11.9 Å². The monoisotopic (exact) mass is 282 g/mol. The van der Waals surface area contributed by atoms with Gasteiger partial charge in [-0.2, -0.15) is 0 Å². The average molecular weight is 283 g/mol. The highest BCUT2D eigenvalue weighted by Gasteiger charge is 2.34. The summed E-state index contributed by atoms with van der Waals surface area (Å²) >= 11 is 10.8. The topological polar surface area (TPSA) is 52.6 Å². The minimum Gasteiger partial charge on any atom is -0.458 e. The Kier molecular flexibility index (Phi) is 5.53. The van der Waals surface area contributed by atoms with E-state index in [9.17, 15) is 9.59 Å². The Morgan fingerprint density at radius 3 is 1.94 bits per heavy atom. The van der Waals surface area contributed by atoms with E-state index in [0.717, 1.165) is 6.42 Å². The van der Waals surface area contributed by atoms with Gasteiger partial charge in [-0.05, 0) is 19.3 Å². The Labute approximate surface area is 111 Å². The predicted octanol–water partition coefficient (Wildman–Crippen LogP) is 2.45. The van der Waals surface area contributed by atoms with Crippen LogP contribution in [0.1, 0.15) is 33.1 Å². The van der Waals surface area contributed by atoms with Crippen molar-refractivity contribution in [3.8, 4) is 0 Å². The van der Waals surface area contributed by atoms with Gasteiger partial charge in [0.05, 0.1) is 5.92 Å². The molecule has 98 valence electrons. The molecule has 1 aliphatic rings. The molecule has 0 radical (unpaired) electrons. The normalized spacial score (nSPS) is 24.1. The molecular weight excluding hydrogens is 267 g/mol. The summed E-state index contributed by atoms with van der Waals surface area (Å²) in [7, 11) is 0. The molecule has 0 aromatic rings. The molecule has 0 saturated heterocycles. The van der Waals surface area contributed by atoms with Gasteiger partial charge in [-0.3, -0.25) is 4.79 Å². The maximum Gasteiger partial charge on any atom is 0.339 e. The summed E-state index contributed by atoms with van der Waals surface area (Å²) in [6, 6.07) is 0. The third-order valence-electron chi connectivity index (χ3n) is 2.58. The largest absolute Gasteiger partial charge is 0.458 e. The highest BCUT2D eigenvalue weighted by atomic mass is 35.5. The van der Waals surface area contributed by atoms with Gasteiger partial charge < -0.3 is 9.47 Å². The number of carbonyl (C=O) groups is 2. The van der Waals surface area contributed by atoms with E-state index in [0.29, 0.717) is 12.8 Å². The van der Waals surface area contributed by atoms with Crippen LogP contribution in [0.2, 0.25) is 0 Å². The highest BCUT2D eigenvalue weighted by Crippen LogP contribution is 2.26. The molecule has 0 N–H and O–H groups in total. The maximum absolute atomic E-state index is 11.4. The van der Waals surface area contributed by atoms with Crippen molar-refractivity contribution in [3.05, 3.63) is 0 Å². The molecule has 0 heterocycles. The van der Waals surface area contributed by atoms with Crippen LogP contribution in [0, 0.1) is 5.92 Å². The van der Waals surface area contributed by atoms with Crippen molar-refractivity contribution in [2.75, 3.05) is 0 Å². The summed E-state index contributed by atoms with van der Waals surface area (Å²) in [5.74, 6) is -1.17. The number of halogens is 2. The summed E-state index contributed by atoms with van der Waals surface area (Å²) < 4.78 is 10.3. The summed E-state index contributed by atoms with van der Waals surface area (Å²) in [6.07, 6.45) is 1.42. The summed E-state index contributed by atoms with van der Waals surface area (Å²) in [5, 5.41) is 0. The predicted molar refractivity (Wildman–Crippen MR) is 63.9 cm³/mol. The standard InChI is InChI=1S/C11H16Cl2O4/c1-6(2)10(14)16-7-4-3-5-8(7)17-11(15)9(12)13/h6-9H,3-5H2,1-2H3/t7-,8+/m0/s1. The first kappa shape index (κ1) is 14.6. The third-order valence-corrected chi connectivity index (χ3v) is 2.93. The molecule has 1 saturated carbocycles. The Hall–Kier alpha value is -0.480. The molecule has 0 aromatic heterocycles. The number of carbonyl (C=O) groups excluding carboxylic acids is 2. The van der Waals surface area contributed by atoms with E-state index in [4.69, 9.17) is 32.7 Å². The van der Waals surface area contributed by atoms with Gasteiger partial charge in [-0.15, -0.1) is 0 Å². The zero-order chi connectivity index (χ0) is 13.0. The van der Waals surface area contributed by atoms with Crippen LogP contribution in [-0.2, 0) is 19.1 Å². The second-order valence-electron chi connectivity index (χ2n) is 4.34. The summed E-state index contributed by atoms with van der Waals surface area (Å²) in [5.41, 5.74) is 0. The Balaban J connectivity index is 2.49. The molecule has 1 fully saturated rings. The van der Waals surface area contributed by atoms with E-state index in [1.807, 2.05) is 0 Å². The third kappa shape index (κ3) is 4.36. The Morgan fingerprint density at radius 2 is 1.53 bits per heavy atom. The van der Waals surface area contributed by atoms with Gasteiger partial charge in [0.25, 0.3) is 0 Å². The SMILES string of the molecule is CC(C)C(=O)O[C@H]1CCC[C@H]1OC(=O)C(Cl)Cl. The molecule has 1 rings (SSSR count). The van der Waals surface area contributed by atoms with Gasteiger partial charge in [0, 0.05) is 0 Å². The van der Waals surface area contributed by atoms with Crippen LogP contribution in [0.3, 0.4) is 0 Å². The second-order valence-corrected chi connectivity index (χ2v) is 5.43. The Bertz CT molecular complexity index is 263. The minimum atomic E-state index is -1.20. The molecule has 0 bridgehead atoms. The quantitative estimate of drug-likeness (QED) is 0.587. The van der Waals surface area contributed by atoms with E-state index in [2.05, 4.69) is 0 Å². The molecule has 17 heavy (non-hydrogen) atoms. The first-order chi connectivity index (χ1) is 7.91. The maximum atomic E-state index is 11.4. The van der Waals surface area contributed by atoms with Crippen molar-refractivity contribution in [2.24, 2.45) is 5.92 Å². The molecule has 0 spiro atoms. The van der Waals surface area contributed by atoms with E-state index >= 15 is 0 Å². The molecule has 0 aromatic carbocycles. The Morgan fingerprint density at radius 1 is 1.06 bits per heavy atom. The van der Waals surface area contributed by atoms with Crippen molar-refractivity contribution in [1.29, 1.82) is 0 Å². The lowest BCUT2D eigenvalue weighted by molar-refractivity contribution is -0.166. The van der Waals surface area contributed by atoms with Crippen molar-refractivity contribution < 1.29 is 19.1 Å². The van der Waals surface area contributed by atoms with Crippen LogP contribution >= 0.6 is 23.2 Å². The smallest absolute Gasteiger partial charge is 0.339 e. The zero-order valence-electron chi connectivity index (χ0n) is 9.82. The summed E-state index contributed by atoms with van der Waals surface area (Å²) in [4.78, 5) is 21.5. The highest BCUT2D eigenvalue weighted by molar-refractivity contribution is 6.52. The molecular formula is C11H16Cl2O4. The lowest BCUT2D eigenvalue weighted by Crippen LogP contribution is -2.33. The van der Waals surface area contributed by atoms with Gasteiger partial charge in [0.1, 0.15) is 12.2 Å². The molecule has 2 atom stereocenters. The van der Waals surface area contributed by atoms with Crippen LogP contribution in [-0.4, -0.2) is 29.0 Å². The number of hydrogen-bond acceptors (Lipinski definition) is 4. The number of esters is 2. The second kappa shape index (κ2) is 6.45. The van der Waals surface area contributed by atoms with E-state index < -0.39 is 16.9 Å². The zero-order valence-corrected chi connectivity index (χ0v) is 11.3. The number of alkyl halides is 2. The molecule has 0 amide bonds. The van der Waals surface area contributed by atoms with Gasteiger partial charge in [0.2, 0.25) is 4.84 Å². The molecule has 4 nitrogen and oxygen atoms in total. The molecule has 0 aliphatic heterocycles. The van der Waals surface area contributed by atoms with Gasteiger partial charge in [0.15, 0.2) is 0 Å². The average Bonchev–Trinajstić information content (AvgIpc) is 2.65. The summed E-state index contributed by atoms with van der Waals surface area (Å²) in [6.45, 7) is 3.51. The van der Waals surface area contributed by atoms with Crippen LogP contribution in [0.4, 0.5) is 0 Å². The molecule has 0 unspecified atom stereocenters. The first-order valence-corrected chi connectivity index (χ1v) is 6.48. The lowest BCUT2D eigenvalue weighted by atomic mass is 10.2. The van der Waals surface area contributed by atoms with Crippen molar-refractivity contribution in [1.82, 2.24) is 0 Å². The molecule has 6 heteroatoms. The van der Waals surface area contributed by atoms with E-state index in [1.54, 1.807) is 13.8 Å². The van der Waals surface area contributed by atoms with Gasteiger partial charge in [-0.25, -0.2) is 4.79 Å². The van der Waals surface area contributed by atoms with E-state index in [1.165, 1.54) is 0 Å². The van der Waals surface area contributed by atoms with Crippen LogP contribution in [0.15, 0.2) is 0 Å². The van der Waals surface area contributed by atoms with Gasteiger partial charge in [-0.1, -0.05) is 37.0 Å². The van der Waals surface area contributed by atoms with Crippen LogP contribution in [0.5, 0.6) is 0 Å². The van der Waals surface area contributed by atoms with Crippen molar-refractivity contribution in [2.45, 2.75) is 50.2 Å². The van der Waals surface area contributed by atoms with Crippen molar-refractivity contribution in [3.63, 3.8) is 0 Å². The van der Waals surface area contributed by atoms with E-state index in [-0.39, 0.29) is 18.0 Å². The van der Waals surface area contributed by atoms with Crippen LogP contribution < -0.4 is 0 Å².